The van der Waals surface area contributed by atoms with Gasteiger partial charge in [-0.1, -0.05) is 30.4 Å². The maximum atomic E-state index is 12.6. The number of allylic oxidation sites excluding steroid dienone is 4. The summed E-state index contributed by atoms with van der Waals surface area (Å²) in [6, 6.07) is 12.0. The highest BCUT2D eigenvalue weighted by Crippen LogP contribution is 2.37. The van der Waals surface area contributed by atoms with Crippen molar-refractivity contribution in [3.05, 3.63) is 59.7 Å². The van der Waals surface area contributed by atoms with Crippen LogP contribution in [0, 0.1) is 34.5 Å². The van der Waals surface area contributed by atoms with E-state index in [9.17, 15) is 4.79 Å². The molecule has 2 fully saturated rings. The zero-order valence-electron chi connectivity index (χ0n) is 16.8. The van der Waals surface area contributed by atoms with Crippen LogP contribution < -0.4 is 0 Å². The Morgan fingerprint density at radius 2 is 1.62 bits per heavy atom. The van der Waals surface area contributed by atoms with Crippen LogP contribution in [0.4, 0.5) is 0 Å². The molecule has 0 aromatic heterocycles. The number of nitrogens with zero attached hydrogens (tertiary/aromatic N) is 2. The number of carbonyl (C=O) groups excluding carboxylic acids is 1. The number of benzene rings is 1. The molecular weight excluding hydrogens is 360 g/mol. The summed E-state index contributed by atoms with van der Waals surface area (Å²) in [5.41, 5.74) is 1.96. The number of nitriles is 2. The minimum atomic E-state index is -0.0146. The Kier molecular flexibility index (Phi) is 7.65. The van der Waals surface area contributed by atoms with E-state index in [0.29, 0.717) is 17.4 Å². The first-order chi connectivity index (χ1) is 14.2. The lowest BCUT2D eigenvalue weighted by molar-refractivity contribution is -0.157. The van der Waals surface area contributed by atoms with E-state index in [4.69, 9.17) is 15.3 Å². The van der Waals surface area contributed by atoms with E-state index in [2.05, 4.69) is 12.1 Å². The summed E-state index contributed by atoms with van der Waals surface area (Å²) >= 11 is 0. The minimum Gasteiger partial charge on any atom is -0.462 e. The Hall–Kier alpha value is -2.85. The molecule has 2 aliphatic carbocycles. The summed E-state index contributed by atoms with van der Waals surface area (Å²) in [6.45, 7) is 0. The normalized spacial score (nSPS) is 27.4. The Morgan fingerprint density at radius 1 is 0.931 bits per heavy atom. The summed E-state index contributed by atoms with van der Waals surface area (Å²) < 4.78 is 5.84. The molecule has 0 bridgehead atoms. The summed E-state index contributed by atoms with van der Waals surface area (Å²) in [6.07, 6.45) is 15.0. The van der Waals surface area contributed by atoms with Crippen molar-refractivity contribution in [1.29, 1.82) is 10.5 Å². The maximum absolute atomic E-state index is 12.6. The molecular formula is C25H28N2O2. The molecule has 2 aliphatic rings. The smallest absolute Gasteiger partial charge is 0.309 e. The van der Waals surface area contributed by atoms with Crippen LogP contribution in [0.5, 0.6) is 0 Å². The lowest BCUT2D eigenvalue weighted by atomic mass is 9.78. The van der Waals surface area contributed by atoms with Crippen molar-refractivity contribution in [2.75, 3.05) is 0 Å². The van der Waals surface area contributed by atoms with Crippen molar-refractivity contribution >= 4 is 5.97 Å². The van der Waals surface area contributed by atoms with Gasteiger partial charge in [0, 0.05) is 6.08 Å². The molecule has 0 saturated heterocycles. The van der Waals surface area contributed by atoms with Gasteiger partial charge in [-0.05, 0) is 80.9 Å². The molecule has 1 aromatic rings. The van der Waals surface area contributed by atoms with Gasteiger partial charge >= 0.3 is 5.97 Å². The minimum absolute atomic E-state index is 0.0146. The van der Waals surface area contributed by atoms with Crippen LogP contribution in [0.25, 0.3) is 0 Å². The molecule has 0 heterocycles. The fourth-order valence-corrected chi connectivity index (χ4v) is 4.47. The fourth-order valence-electron chi connectivity index (χ4n) is 4.47. The first kappa shape index (κ1) is 20.9. The van der Waals surface area contributed by atoms with E-state index in [0.717, 1.165) is 51.4 Å². The largest absolute Gasteiger partial charge is 0.462 e. The summed E-state index contributed by atoms with van der Waals surface area (Å²) in [4.78, 5) is 12.6. The molecule has 150 valence electrons. The molecule has 2 saturated carbocycles. The molecule has 1 aromatic carbocycles. The SMILES string of the molecule is N#CC=CC=CC1CCC(OC(=O)C2CCC(c3ccc(C#N)cc3)CC2)CC1. The van der Waals surface area contributed by atoms with Crippen molar-refractivity contribution in [1.82, 2.24) is 0 Å². The highest BCUT2D eigenvalue weighted by Gasteiger charge is 2.30. The molecule has 0 N–H and O–H groups in total. The van der Waals surface area contributed by atoms with Gasteiger partial charge in [-0.2, -0.15) is 10.5 Å². The van der Waals surface area contributed by atoms with Gasteiger partial charge in [0.25, 0.3) is 0 Å². The maximum Gasteiger partial charge on any atom is 0.309 e. The average molecular weight is 389 g/mol. The summed E-state index contributed by atoms with van der Waals surface area (Å²) in [5.74, 6) is 0.998. The number of rotatable bonds is 5. The highest BCUT2D eigenvalue weighted by atomic mass is 16.5. The van der Waals surface area contributed by atoms with E-state index in [1.165, 1.54) is 11.6 Å². The molecule has 3 rings (SSSR count). The van der Waals surface area contributed by atoms with E-state index in [1.807, 2.05) is 36.4 Å². The predicted octanol–water partition coefficient (Wildman–Crippen LogP) is 5.57. The lowest BCUT2D eigenvalue weighted by Gasteiger charge is -2.31. The first-order valence-electron chi connectivity index (χ1n) is 10.6. The van der Waals surface area contributed by atoms with Gasteiger partial charge in [0.2, 0.25) is 0 Å². The third-order valence-corrected chi connectivity index (χ3v) is 6.24. The second kappa shape index (κ2) is 10.6. The van der Waals surface area contributed by atoms with Gasteiger partial charge in [-0.3, -0.25) is 4.79 Å². The topological polar surface area (TPSA) is 73.9 Å². The van der Waals surface area contributed by atoms with Crippen molar-refractivity contribution in [2.45, 2.75) is 63.4 Å². The third kappa shape index (κ3) is 6.06. The van der Waals surface area contributed by atoms with Crippen molar-refractivity contribution in [3.8, 4) is 12.1 Å². The van der Waals surface area contributed by atoms with Crippen LogP contribution in [0.1, 0.15) is 68.4 Å². The van der Waals surface area contributed by atoms with Crippen LogP contribution >= 0.6 is 0 Å². The monoisotopic (exact) mass is 388 g/mol. The van der Waals surface area contributed by atoms with Crippen molar-refractivity contribution in [2.24, 2.45) is 11.8 Å². The van der Waals surface area contributed by atoms with E-state index >= 15 is 0 Å². The third-order valence-electron chi connectivity index (χ3n) is 6.24. The molecule has 0 amide bonds. The fraction of sp³-hybridized carbons (Fsp3) is 0.480. The zero-order valence-corrected chi connectivity index (χ0v) is 16.8. The Morgan fingerprint density at radius 3 is 2.24 bits per heavy atom. The Bertz CT molecular complexity index is 810. The van der Waals surface area contributed by atoms with Gasteiger partial charge in [0.05, 0.1) is 23.6 Å². The quantitative estimate of drug-likeness (QED) is 0.375. The van der Waals surface area contributed by atoms with Crippen molar-refractivity contribution < 1.29 is 9.53 Å². The number of ether oxygens (including phenoxy) is 1. The van der Waals surface area contributed by atoms with Crippen molar-refractivity contribution in [3.63, 3.8) is 0 Å². The lowest BCUT2D eigenvalue weighted by Crippen LogP contribution is -2.29. The predicted molar refractivity (Wildman–Crippen MR) is 112 cm³/mol. The second-order valence-corrected chi connectivity index (χ2v) is 8.13. The molecule has 4 heteroatoms. The highest BCUT2D eigenvalue weighted by molar-refractivity contribution is 5.72. The molecule has 4 nitrogen and oxygen atoms in total. The van der Waals surface area contributed by atoms with E-state index < -0.39 is 0 Å². The second-order valence-electron chi connectivity index (χ2n) is 8.13. The molecule has 0 unspecified atom stereocenters. The van der Waals surface area contributed by atoms with Crippen LogP contribution in [0.2, 0.25) is 0 Å². The molecule has 0 aliphatic heterocycles. The molecule has 0 atom stereocenters. The number of hydrogen-bond acceptors (Lipinski definition) is 4. The molecule has 29 heavy (non-hydrogen) atoms. The van der Waals surface area contributed by atoms with E-state index in [-0.39, 0.29) is 18.0 Å². The zero-order chi connectivity index (χ0) is 20.5. The Balaban J connectivity index is 1.40. The summed E-state index contributed by atoms with van der Waals surface area (Å²) in [5, 5.41) is 17.4. The van der Waals surface area contributed by atoms with Gasteiger partial charge in [0.15, 0.2) is 0 Å². The van der Waals surface area contributed by atoms with Gasteiger partial charge < -0.3 is 4.74 Å². The first-order valence-corrected chi connectivity index (χ1v) is 10.6. The molecule has 0 radical (unpaired) electrons. The van der Waals surface area contributed by atoms with Gasteiger partial charge in [-0.25, -0.2) is 0 Å². The molecule has 0 spiro atoms. The average Bonchev–Trinajstić information content (AvgIpc) is 2.78. The van der Waals surface area contributed by atoms with Crippen LogP contribution in [0.3, 0.4) is 0 Å². The van der Waals surface area contributed by atoms with Gasteiger partial charge in [-0.15, -0.1) is 0 Å². The van der Waals surface area contributed by atoms with E-state index in [1.54, 1.807) is 6.08 Å². The van der Waals surface area contributed by atoms with Crippen LogP contribution in [0.15, 0.2) is 48.6 Å². The standard InChI is InChI=1S/C25H28N2O2/c26-17-3-1-2-4-19-7-15-24(16-8-19)29-25(28)23-13-11-22(12-14-23)21-9-5-20(18-27)6-10-21/h1-6,9-10,19,22-24H,7-8,11-16H2. The van der Waals surface area contributed by atoms with Crippen LogP contribution in [-0.2, 0) is 9.53 Å². The van der Waals surface area contributed by atoms with Crippen LogP contribution in [-0.4, -0.2) is 12.1 Å². The number of carbonyl (C=O) groups is 1. The number of hydrogen-bond donors (Lipinski definition) is 0. The van der Waals surface area contributed by atoms with Gasteiger partial charge in [0.1, 0.15) is 6.10 Å². The number of esters is 1. The Labute approximate surface area is 173 Å². The summed E-state index contributed by atoms with van der Waals surface area (Å²) in [7, 11) is 0.